The van der Waals surface area contributed by atoms with Crippen LogP contribution in [0.4, 0.5) is 5.95 Å². The van der Waals surface area contributed by atoms with Crippen LogP contribution >= 0.6 is 0 Å². The molecule has 1 saturated heterocycles. The summed E-state index contributed by atoms with van der Waals surface area (Å²) in [6.45, 7) is 3.30. The van der Waals surface area contributed by atoms with Crippen molar-refractivity contribution in [2.45, 2.75) is 31.8 Å². The average molecular weight is 231 g/mol. The van der Waals surface area contributed by atoms with Crippen molar-refractivity contribution < 1.29 is 0 Å². The fourth-order valence-electron chi connectivity index (χ4n) is 2.09. The number of anilines is 1. The van der Waals surface area contributed by atoms with E-state index < -0.39 is 0 Å². The minimum atomic E-state index is 0.398. The Labute approximate surface area is 101 Å². The molecule has 1 aromatic heterocycles. The molecule has 0 saturated carbocycles. The Morgan fingerprint density at radius 2 is 2.41 bits per heavy atom. The zero-order valence-corrected chi connectivity index (χ0v) is 10.2. The van der Waals surface area contributed by atoms with Crippen molar-refractivity contribution in [3.8, 4) is 6.07 Å². The van der Waals surface area contributed by atoms with Gasteiger partial charge in [-0.3, -0.25) is 0 Å². The fraction of sp³-hybridized carbons (Fsp3) is 0.583. The molecule has 90 valence electrons. The van der Waals surface area contributed by atoms with E-state index in [0.717, 1.165) is 19.4 Å². The van der Waals surface area contributed by atoms with Crippen LogP contribution in [0.1, 0.15) is 25.5 Å². The Morgan fingerprint density at radius 3 is 3.12 bits per heavy atom. The van der Waals surface area contributed by atoms with Crippen molar-refractivity contribution in [3.63, 3.8) is 0 Å². The van der Waals surface area contributed by atoms with Gasteiger partial charge in [-0.2, -0.15) is 5.26 Å². The molecule has 0 bridgehead atoms. The van der Waals surface area contributed by atoms with Gasteiger partial charge in [-0.1, -0.05) is 0 Å². The Balaban J connectivity index is 1.99. The summed E-state index contributed by atoms with van der Waals surface area (Å²) in [7, 11) is 2.15. The van der Waals surface area contributed by atoms with Crippen LogP contribution in [0.2, 0.25) is 0 Å². The molecule has 2 atom stereocenters. The molecule has 1 N–H and O–H groups in total. The molecule has 17 heavy (non-hydrogen) atoms. The van der Waals surface area contributed by atoms with Crippen molar-refractivity contribution in [2.24, 2.45) is 0 Å². The first-order valence-corrected chi connectivity index (χ1v) is 5.89. The Kier molecular flexibility index (Phi) is 3.55. The summed E-state index contributed by atoms with van der Waals surface area (Å²) in [6, 6.07) is 4.60. The second-order valence-electron chi connectivity index (χ2n) is 4.57. The van der Waals surface area contributed by atoms with Gasteiger partial charge in [-0.15, -0.1) is 0 Å². The van der Waals surface area contributed by atoms with E-state index in [-0.39, 0.29) is 0 Å². The topological polar surface area (TPSA) is 64.8 Å². The summed E-state index contributed by atoms with van der Waals surface area (Å²) >= 11 is 0. The Bertz CT molecular complexity index is 425. The zero-order valence-electron chi connectivity index (χ0n) is 10.2. The van der Waals surface area contributed by atoms with E-state index in [1.165, 1.54) is 0 Å². The first kappa shape index (κ1) is 11.8. The molecule has 2 heterocycles. The number of nitrogens with one attached hydrogen (secondary N) is 1. The summed E-state index contributed by atoms with van der Waals surface area (Å²) in [5.74, 6) is 0.561. The summed E-state index contributed by atoms with van der Waals surface area (Å²) in [5.41, 5.74) is 0.406. The van der Waals surface area contributed by atoms with Crippen LogP contribution in [0, 0.1) is 11.3 Å². The number of hydrogen-bond donors (Lipinski definition) is 1. The van der Waals surface area contributed by atoms with Crippen LogP contribution in [-0.2, 0) is 0 Å². The number of nitriles is 1. The molecule has 1 aromatic rings. The number of aromatic nitrogens is 2. The SMILES string of the molecule is CC1CC(Nc2nccc(C#N)n2)CCN1C. The highest BCUT2D eigenvalue weighted by atomic mass is 15.2. The standard InChI is InChI=1S/C12H17N5/c1-9-7-10(4-6-17(9)2)15-12-14-5-3-11(8-13)16-12/h3,5,9-10H,4,6-7H2,1-2H3,(H,14,15,16). The van der Waals surface area contributed by atoms with Gasteiger partial charge in [0.2, 0.25) is 5.95 Å². The monoisotopic (exact) mass is 231 g/mol. The molecule has 2 unspecified atom stereocenters. The average Bonchev–Trinajstić information content (AvgIpc) is 2.34. The molecule has 1 aliphatic heterocycles. The molecule has 5 nitrogen and oxygen atoms in total. The highest BCUT2D eigenvalue weighted by Gasteiger charge is 2.22. The third-order valence-electron chi connectivity index (χ3n) is 3.31. The first-order valence-electron chi connectivity index (χ1n) is 5.89. The summed E-state index contributed by atoms with van der Waals surface area (Å²) in [4.78, 5) is 10.6. The number of rotatable bonds is 2. The van der Waals surface area contributed by atoms with Crippen LogP contribution in [0.25, 0.3) is 0 Å². The van der Waals surface area contributed by atoms with Crippen LogP contribution in [0.5, 0.6) is 0 Å². The third-order valence-corrected chi connectivity index (χ3v) is 3.31. The quantitative estimate of drug-likeness (QED) is 0.829. The lowest BCUT2D eigenvalue weighted by Gasteiger charge is -2.35. The van der Waals surface area contributed by atoms with Gasteiger partial charge in [0.05, 0.1) is 0 Å². The molecular weight excluding hydrogens is 214 g/mol. The highest BCUT2D eigenvalue weighted by Crippen LogP contribution is 2.18. The van der Waals surface area contributed by atoms with E-state index in [9.17, 15) is 0 Å². The van der Waals surface area contributed by atoms with E-state index in [1.54, 1.807) is 12.3 Å². The molecule has 1 fully saturated rings. The highest BCUT2D eigenvalue weighted by molar-refractivity contribution is 5.31. The zero-order chi connectivity index (χ0) is 12.3. The smallest absolute Gasteiger partial charge is 0.224 e. The Hall–Kier alpha value is -1.67. The maximum Gasteiger partial charge on any atom is 0.224 e. The number of nitrogens with zero attached hydrogens (tertiary/aromatic N) is 4. The predicted octanol–water partition coefficient (Wildman–Crippen LogP) is 1.24. The third kappa shape index (κ3) is 2.92. The molecule has 0 aliphatic carbocycles. The van der Waals surface area contributed by atoms with Crippen molar-refractivity contribution in [1.29, 1.82) is 5.26 Å². The maximum atomic E-state index is 8.77. The van der Waals surface area contributed by atoms with E-state index in [0.29, 0.717) is 23.7 Å². The number of likely N-dealkylation sites (tertiary alicyclic amines) is 1. The molecule has 1 aliphatic rings. The first-order chi connectivity index (χ1) is 8.19. The van der Waals surface area contributed by atoms with Gasteiger partial charge in [-0.25, -0.2) is 9.97 Å². The van der Waals surface area contributed by atoms with Gasteiger partial charge in [0.1, 0.15) is 11.8 Å². The number of hydrogen-bond acceptors (Lipinski definition) is 5. The van der Waals surface area contributed by atoms with E-state index >= 15 is 0 Å². The largest absolute Gasteiger partial charge is 0.351 e. The lowest BCUT2D eigenvalue weighted by Crippen LogP contribution is -2.42. The van der Waals surface area contributed by atoms with E-state index in [2.05, 4.69) is 34.2 Å². The molecular formula is C12H17N5. The van der Waals surface area contributed by atoms with Crippen LogP contribution < -0.4 is 5.32 Å². The molecule has 5 heteroatoms. The lowest BCUT2D eigenvalue weighted by molar-refractivity contribution is 0.190. The van der Waals surface area contributed by atoms with E-state index in [4.69, 9.17) is 5.26 Å². The molecule has 0 aromatic carbocycles. The second kappa shape index (κ2) is 5.11. The molecule has 0 amide bonds. The fourth-order valence-corrected chi connectivity index (χ4v) is 2.09. The van der Waals surface area contributed by atoms with Crippen LogP contribution in [0.3, 0.4) is 0 Å². The van der Waals surface area contributed by atoms with Crippen molar-refractivity contribution in [2.75, 3.05) is 18.9 Å². The van der Waals surface area contributed by atoms with Crippen molar-refractivity contribution >= 4 is 5.95 Å². The minimum Gasteiger partial charge on any atom is -0.351 e. The van der Waals surface area contributed by atoms with Crippen molar-refractivity contribution in [1.82, 2.24) is 14.9 Å². The summed E-state index contributed by atoms with van der Waals surface area (Å²) < 4.78 is 0. The molecule has 0 spiro atoms. The van der Waals surface area contributed by atoms with E-state index in [1.807, 2.05) is 6.07 Å². The predicted molar refractivity (Wildman–Crippen MR) is 65.5 cm³/mol. The van der Waals surface area contributed by atoms with Gasteiger partial charge in [0, 0.05) is 24.8 Å². The lowest BCUT2D eigenvalue weighted by atomic mass is 9.99. The maximum absolute atomic E-state index is 8.77. The Morgan fingerprint density at radius 1 is 1.59 bits per heavy atom. The second-order valence-corrected chi connectivity index (χ2v) is 4.57. The van der Waals surface area contributed by atoms with Gasteiger partial charge >= 0.3 is 0 Å². The summed E-state index contributed by atoms with van der Waals surface area (Å²) in [5, 5.41) is 12.1. The van der Waals surface area contributed by atoms with Gasteiger partial charge < -0.3 is 10.2 Å². The number of piperidine rings is 1. The normalized spacial score (nSPS) is 25.2. The van der Waals surface area contributed by atoms with Crippen LogP contribution in [-0.4, -0.2) is 40.5 Å². The van der Waals surface area contributed by atoms with Crippen LogP contribution in [0.15, 0.2) is 12.3 Å². The molecule has 0 radical (unpaired) electrons. The van der Waals surface area contributed by atoms with Crippen molar-refractivity contribution in [3.05, 3.63) is 18.0 Å². The molecule has 2 rings (SSSR count). The van der Waals surface area contributed by atoms with Gasteiger partial charge in [0.25, 0.3) is 0 Å². The van der Waals surface area contributed by atoms with Gasteiger partial charge in [-0.05, 0) is 32.9 Å². The van der Waals surface area contributed by atoms with Gasteiger partial charge in [0.15, 0.2) is 0 Å². The summed E-state index contributed by atoms with van der Waals surface area (Å²) in [6.07, 6.45) is 3.78. The minimum absolute atomic E-state index is 0.398.